The Bertz CT molecular complexity index is 716. The fourth-order valence-electron chi connectivity index (χ4n) is 3.07. The van der Waals surface area contributed by atoms with Gasteiger partial charge in [0.1, 0.15) is 11.4 Å². The fourth-order valence-corrected chi connectivity index (χ4v) is 3.07. The van der Waals surface area contributed by atoms with Gasteiger partial charge in [-0.15, -0.1) is 0 Å². The summed E-state index contributed by atoms with van der Waals surface area (Å²) in [7, 11) is 1.90. The van der Waals surface area contributed by atoms with Crippen LogP contribution in [0.4, 0.5) is 0 Å². The second-order valence-corrected chi connectivity index (χ2v) is 6.85. The van der Waals surface area contributed by atoms with Crippen LogP contribution in [0, 0.1) is 0 Å². The summed E-state index contributed by atoms with van der Waals surface area (Å²) in [5.41, 5.74) is 2.12. The molecule has 1 amide bonds. The molecule has 24 heavy (non-hydrogen) atoms. The number of aryl methyl sites for hydroxylation is 1. The lowest BCUT2D eigenvalue weighted by atomic mass is 9.95. The molecule has 6 heteroatoms. The molecule has 0 saturated heterocycles. The van der Waals surface area contributed by atoms with E-state index in [1.165, 1.54) is 19.3 Å². The molecule has 0 unspecified atom stereocenters. The third kappa shape index (κ3) is 3.63. The van der Waals surface area contributed by atoms with E-state index < -0.39 is 0 Å². The number of imidazole rings is 1. The molecule has 0 aliphatic heterocycles. The van der Waals surface area contributed by atoms with Crippen molar-refractivity contribution in [1.82, 2.24) is 24.8 Å². The van der Waals surface area contributed by atoms with Gasteiger partial charge in [0, 0.05) is 18.8 Å². The first-order valence-electron chi connectivity index (χ1n) is 8.71. The lowest BCUT2D eigenvalue weighted by Crippen LogP contribution is -2.36. The number of rotatable bonds is 4. The smallest absolute Gasteiger partial charge is 0.270 e. The molecule has 1 N–H and O–H groups in total. The monoisotopic (exact) mass is 327 g/mol. The van der Waals surface area contributed by atoms with Crippen molar-refractivity contribution in [1.29, 1.82) is 0 Å². The van der Waals surface area contributed by atoms with E-state index in [0.717, 1.165) is 24.2 Å². The van der Waals surface area contributed by atoms with Crippen molar-refractivity contribution in [2.75, 3.05) is 0 Å². The van der Waals surface area contributed by atoms with Crippen LogP contribution >= 0.6 is 0 Å². The Morgan fingerprint density at radius 1 is 1.25 bits per heavy atom. The van der Waals surface area contributed by atoms with Crippen LogP contribution in [0.15, 0.2) is 18.6 Å². The summed E-state index contributed by atoms with van der Waals surface area (Å²) >= 11 is 0. The maximum atomic E-state index is 12.7. The van der Waals surface area contributed by atoms with Crippen LogP contribution in [0.3, 0.4) is 0 Å². The van der Waals surface area contributed by atoms with Crippen LogP contribution in [0.5, 0.6) is 0 Å². The van der Waals surface area contributed by atoms with Crippen LogP contribution in [-0.4, -0.2) is 31.5 Å². The van der Waals surface area contributed by atoms with Gasteiger partial charge in [0.25, 0.3) is 5.91 Å². The quantitative estimate of drug-likeness (QED) is 0.936. The summed E-state index contributed by atoms with van der Waals surface area (Å²) in [4.78, 5) is 25.9. The minimum absolute atomic E-state index is 0.102. The molecule has 0 spiro atoms. The van der Waals surface area contributed by atoms with E-state index in [4.69, 9.17) is 0 Å². The number of hydrogen-bond acceptors (Lipinski definition) is 4. The molecule has 0 atom stereocenters. The predicted octanol–water partition coefficient (Wildman–Crippen LogP) is 3.06. The number of nitrogens with zero attached hydrogens (tertiary/aromatic N) is 4. The summed E-state index contributed by atoms with van der Waals surface area (Å²) in [6, 6.07) is 2.08. The number of aromatic nitrogens is 4. The average Bonchev–Trinajstić information content (AvgIpc) is 3.01. The topological polar surface area (TPSA) is 72.7 Å². The van der Waals surface area contributed by atoms with Crippen molar-refractivity contribution in [2.24, 2.45) is 7.05 Å². The first-order valence-corrected chi connectivity index (χ1v) is 8.71. The lowest BCUT2D eigenvalue weighted by Gasteiger charge is -2.22. The number of carbonyl (C=O) groups is 1. The van der Waals surface area contributed by atoms with Gasteiger partial charge in [-0.2, -0.15) is 0 Å². The van der Waals surface area contributed by atoms with Gasteiger partial charge in [-0.1, -0.05) is 33.1 Å². The van der Waals surface area contributed by atoms with Crippen LogP contribution in [0.25, 0.3) is 11.5 Å². The van der Waals surface area contributed by atoms with Gasteiger partial charge in [0.2, 0.25) is 0 Å². The Labute approximate surface area is 142 Å². The lowest BCUT2D eigenvalue weighted by molar-refractivity contribution is 0.0922. The minimum Gasteiger partial charge on any atom is -0.348 e. The maximum absolute atomic E-state index is 12.7. The zero-order valence-corrected chi connectivity index (χ0v) is 14.6. The molecular formula is C18H25N5O. The van der Waals surface area contributed by atoms with Crippen molar-refractivity contribution < 1.29 is 4.79 Å². The highest BCUT2D eigenvalue weighted by atomic mass is 16.1. The van der Waals surface area contributed by atoms with E-state index in [1.54, 1.807) is 12.5 Å². The van der Waals surface area contributed by atoms with Crippen molar-refractivity contribution in [3.63, 3.8) is 0 Å². The highest BCUT2D eigenvalue weighted by Gasteiger charge is 2.20. The molecule has 2 aromatic rings. The Hall–Kier alpha value is -2.24. The molecule has 6 nitrogen and oxygen atoms in total. The standard InChI is InChI=1S/C18H25N5O/c1-12(2)14-9-15(18(24)20-13-7-5-4-6-8-13)22-17(21-14)16-10-19-11-23(16)3/h9-13H,4-8H2,1-3H3,(H,20,24). The molecule has 1 fully saturated rings. The number of amides is 1. The number of nitrogens with one attached hydrogen (secondary N) is 1. The second kappa shape index (κ2) is 7.11. The number of carbonyl (C=O) groups excluding carboxylic acids is 1. The van der Waals surface area contributed by atoms with E-state index >= 15 is 0 Å². The normalized spacial score (nSPS) is 15.7. The Morgan fingerprint density at radius 3 is 2.62 bits per heavy atom. The maximum Gasteiger partial charge on any atom is 0.270 e. The first-order chi connectivity index (χ1) is 11.5. The van der Waals surface area contributed by atoms with Crippen molar-refractivity contribution in [3.8, 4) is 11.5 Å². The molecule has 2 heterocycles. The first kappa shape index (κ1) is 16.6. The largest absolute Gasteiger partial charge is 0.348 e. The zero-order chi connectivity index (χ0) is 17.1. The fraction of sp³-hybridized carbons (Fsp3) is 0.556. The molecule has 1 aliphatic rings. The van der Waals surface area contributed by atoms with Gasteiger partial charge in [0.05, 0.1) is 12.5 Å². The van der Waals surface area contributed by atoms with Gasteiger partial charge in [0.15, 0.2) is 5.82 Å². The molecule has 1 saturated carbocycles. The SMILES string of the molecule is CC(C)c1cc(C(=O)NC2CCCCC2)nc(-c2cncn2C)n1. The van der Waals surface area contributed by atoms with E-state index in [1.807, 2.05) is 17.7 Å². The Morgan fingerprint density at radius 2 is 2.00 bits per heavy atom. The molecule has 0 aromatic carbocycles. The van der Waals surface area contributed by atoms with E-state index in [2.05, 4.69) is 34.1 Å². The van der Waals surface area contributed by atoms with Crippen molar-refractivity contribution >= 4 is 5.91 Å². The van der Waals surface area contributed by atoms with Crippen molar-refractivity contribution in [3.05, 3.63) is 30.0 Å². The van der Waals surface area contributed by atoms with Gasteiger partial charge in [-0.05, 0) is 24.8 Å². The van der Waals surface area contributed by atoms with Gasteiger partial charge < -0.3 is 9.88 Å². The van der Waals surface area contributed by atoms with Crippen LogP contribution in [0.1, 0.15) is 68.1 Å². The minimum atomic E-state index is -0.102. The number of hydrogen-bond donors (Lipinski definition) is 1. The van der Waals surface area contributed by atoms with Gasteiger partial charge in [-0.3, -0.25) is 4.79 Å². The van der Waals surface area contributed by atoms with Crippen molar-refractivity contribution in [2.45, 2.75) is 57.9 Å². The van der Waals surface area contributed by atoms with Crippen LogP contribution in [0.2, 0.25) is 0 Å². The molecule has 3 rings (SSSR count). The molecule has 1 aliphatic carbocycles. The second-order valence-electron chi connectivity index (χ2n) is 6.85. The van der Waals surface area contributed by atoms with E-state index in [0.29, 0.717) is 11.5 Å². The predicted molar refractivity (Wildman–Crippen MR) is 92.7 cm³/mol. The summed E-state index contributed by atoms with van der Waals surface area (Å²) < 4.78 is 1.86. The molecule has 2 aromatic heterocycles. The van der Waals surface area contributed by atoms with E-state index in [-0.39, 0.29) is 17.9 Å². The highest BCUT2D eigenvalue weighted by molar-refractivity contribution is 5.93. The average molecular weight is 327 g/mol. The van der Waals surface area contributed by atoms with Gasteiger partial charge >= 0.3 is 0 Å². The Kier molecular flexibility index (Phi) is 4.92. The van der Waals surface area contributed by atoms with Crippen LogP contribution < -0.4 is 5.32 Å². The van der Waals surface area contributed by atoms with E-state index in [9.17, 15) is 4.79 Å². The molecule has 0 bridgehead atoms. The highest BCUT2D eigenvalue weighted by Crippen LogP contribution is 2.21. The van der Waals surface area contributed by atoms with Gasteiger partial charge in [-0.25, -0.2) is 15.0 Å². The summed E-state index contributed by atoms with van der Waals surface area (Å²) in [6.07, 6.45) is 9.19. The Balaban J connectivity index is 1.90. The third-order valence-corrected chi connectivity index (χ3v) is 4.56. The third-order valence-electron chi connectivity index (χ3n) is 4.56. The van der Waals surface area contributed by atoms with Crippen LogP contribution in [-0.2, 0) is 7.05 Å². The molecular weight excluding hydrogens is 302 g/mol. The summed E-state index contributed by atoms with van der Waals surface area (Å²) in [5.74, 6) is 0.672. The summed E-state index contributed by atoms with van der Waals surface area (Å²) in [6.45, 7) is 4.14. The zero-order valence-electron chi connectivity index (χ0n) is 14.6. The summed E-state index contributed by atoms with van der Waals surface area (Å²) in [5, 5.41) is 3.14. The molecule has 128 valence electrons. The molecule has 0 radical (unpaired) electrons.